The highest BCUT2D eigenvalue weighted by Gasteiger charge is 2.25. The minimum absolute atomic E-state index is 0.0259. The van der Waals surface area contributed by atoms with Crippen molar-refractivity contribution in [3.8, 4) is 5.75 Å². The van der Waals surface area contributed by atoms with Crippen molar-refractivity contribution in [2.45, 2.75) is 25.7 Å². The third-order valence-corrected chi connectivity index (χ3v) is 5.46. The monoisotopic (exact) mass is 402 g/mol. The number of nitrogens with two attached hydrogens (primary N) is 1. The van der Waals surface area contributed by atoms with Crippen LogP contribution in [0.15, 0.2) is 24.3 Å². The highest BCUT2D eigenvalue weighted by Crippen LogP contribution is 2.13. The van der Waals surface area contributed by atoms with Gasteiger partial charge in [-0.1, -0.05) is 12.1 Å². The Bertz CT molecular complexity index is 708. The number of nitrogens with zero attached hydrogens (tertiary/aromatic N) is 3. The van der Waals surface area contributed by atoms with E-state index in [0.29, 0.717) is 38.5 Å². The number of carbonyl (C=O) groups excluding carboxylic acids is 3. The molecule has 0 aliphatic carbocycles. The fourth-order valence-corrected chi connectivity index (χ4v) is 3.73. The number of likely N-dealkylation sites (tertiary alicyclic amines) is 1. The second-order valence-corrected chi connectivity index (χ2v) is 7.67. The zero-order valence-electron chi connectivity index (χ0n) is 16.8. The fourth-order valence-electron chi connectivity index (χ4n) is 3.73. The molecule has 2 aliphatic rings. The van der Waals surface area contributed by atoms with Crippen LogP contribution in [0.5, 0.6) is 5.75 Å². The van der Waals surface area contributed by atoms with Gasteiger partial charge < -0.3 is 20.3 Å². The number of rotatable bonds is 7. The first-order valence-electron chi connectivity index (χ1n) is 10.3. The van der Waals surface area contributed by atoms with Gasteiger partial charge in [-0.15, -0.1) is 0 Å². The molecular formula is C21H30N4O4. The summed E-state index contributed by atoms with van der Waals surface area (Å²) < 4.78 is 5.57. The van der Waals surface area contributed by atoms with Crippen LogP contribution < -0.4 is 10.5 Å². The zero-order chi connectivity index (χ0) is 20.6. The summed E-state index contributed by atoms with van der Waals surface area (Å²) in [6.45, 7) is 4.77. The number of primary amides is 1. The molecule has 8 heteroatoms. The van der Waals surface area contributed by atoms with E-state index in [1.807, 2.05) is 4.90 Å². The van der Waals surface area contributed by atoms with Gasteiger partial charge in [-0.3, -0.25) is 19.3 Å². The molecule has 0 spiro atoms. The van der Waals surface area contributed by atoms with Crippen molar-refractivity contribution in [2.75, 3.05) is 52.4 Å². The lowest BCUT2D eigenvalue weighted by molar-refractivity contribution is -0.136. The lowest BCUT2D eigenvalue weighted by atomic mass is 10.1. The van der Waals surface area contributed by atoms with Gasteiger partial charge in [0.05, 0.1) is 13.0 Å². The summed E-state index contributed by atoms with van der Waals surface area (Å²) in [5.74, 6) is 0.337. The van der Waals surface area contributed by atoms with E-state index >= 15 is 0 Å². The molecule has 2 fully saturated rings. The molecule has 2 saturated heterocycles. The topological polar surface area (TPSA) is 96.2 Å². The summed E-state index contributed by atoms with van der Waals surface area (Å²) in [4.78, 5) is 41.6. The van der Waals surface area contributed by atoms with E-state index in [1.54, 1.807) is 29.2 Å². The Balaban J connectivity index is 1.37. The number of hydrogen-bond donors (Lipinski definition) is 1. The number of hydrogen-bond acceptors (Lipinski definition) is 5. The Labute approximate surface area is 171 Å². The minimum atomic E-state index is -0.384. The van der Waals surface area contributed by atoms with Gasteiger partial charge in [0.2, 0.25) is 11.8 Å². The van der Waals surface area contributed by atoms with Crippen molar-refractivity contribution >= 4 is 17.7 Å². The fraction of sp³-hybridized carbons (Fsp3) is 0.571. The predicted octanol–water partition coefficient (Wildman–Crippen LogP) is 0.250. The number of ether oxygens (including phenoxy) is 1. The van der Waals surface area contributed by atoms with E-state index in [9.17, 15) is 14.4 Å². The SMILES string of the molecule is NC(=O)Cc1ccc(OCC(=O)N2CCN(CC(=O)N3CCCCC3)CC2)cc1. The van der Waals surface area contributed by atoms with Crippen molar-refractivity contribution in [3.05, 3.63) is 29.8 Å². The summed E-state index contributed by atoms with van der Waals surface area (Å²) in [6.07, 6.45) is 3.59. The molecule has 3 rings (SSSR count). The highest BCUT2D eigenvalue weighted by molar-refractivity contribution is 5.79. The van der Waals surface area contributed by atoms with Gasteiger partial charge in [0.1, 0.15) is 5.75 Å². The van der Waals surface area contributed by atoms with Crippen LogP contribution in [-0.4, -0.2) is 84.8 Å². The maximum atomic E-state index is 12.4. The first kappa shape index (κ1) is 21.1. The normalized spacial score (nSPS) is 17.8. The molecule has 0 atom stereocenters. The van der Waals surface area contributed by atoms with Gasteiger partial charge in [0.25, 0.3) is 5.91 Å². The Morgan fingerprint density at radius 2 is 1.45 bits per heavy atom. The highest BCUT2D eigenvalue weighted by atomic mass is 16.5. The Hall–Kier alpha value is -2.61. The van der Waals surface area contributed by atoms with Crippen LogP contribution in [0.1, 0.15) is 24.8 Å². The van der Waals surface area contributed by atoms with Gasteiger partial charge in [0.15, 0.2) is 6.61 Å². The molecule has 158 valence electrons. The van der Waals surface area contributed by atoms with E-state index in [1.165, 1.54) is 6.42 Å². The van der Waals surface area contributed by atoms with Gasteiger partial charge in [-0.2, -0.15) is 0 Å². The second-order valence-electron chi connectivity index (χ2n) is 7.67. The standard InChI is InChI=1S/C21H30N4O4/c22-19(26)14-17-4-6-18(7-5-17)29-16-21(28)25-12-10-23(11-13-25)15-20(27)24-8-2-1-3-9-24/h4-7H,1-3,8-16H2,(H2,22,26). The molecule has 3 amide bonds. The van der Waals surface area contributed by atoms with Crippen molar-refractivity contribution < 1.29 is 19.1 Å². The lowest BCUT2D eigenvalue weighted by Gasteiger charge is -2.36. The first-order chi connectivity index (χ1) is 14.0. The van der Waals surface area contributed by atoms with Gasteiger partial charge in [-0.05, 0) is 37.0 Å². The van der Waals surface area contributed by atoms with Crippen LogP contribution in [0.25, 0.3) is 0 Å². The predicted molar refractivity (Wildman–Crippen MR) is 108 cm³/mol. The van der Waals surface area contributed by atoms with Crippen LogP contribution in [-0.2, 0) is 20.8 Å². The van der Waals surface area contributed by atoms with Crippen LogP contribution in [0.2, 0.25) is 0 Å². The quantitative estimate of drug-likeness (QED) is 0.705. The largest absolute Gasteiger partial charge is 0.484 e. The molecule has 1 aromatic rings. The van der Waals surface area contributed by atoms with E-state index < -0.39 is 0 Å². The molecule has 2 aliphatic heterocycles. The second kappa shape index (κ2) is 10.2. The molecule has 2 heterocycles. The Morgan fingerprint density at radius 1 is 0.828 bits per heavy atom. The molecule has 0 unspecified atom stereocenters. The van der Waals surface area contributed by atoms with Crippen LogP contribution in [0, 0.1) is 0 Å². The minimum Gasteiger partial charge on any atom is -0.484 e. The van der Waals surface area contributed by atoms with Crippen LogP contribution in [0.3, 0.4) is 0 Å². The molecule has 0 radical (unpaired) electrons. The smallest absolute Gasteiger partial charge is 0.260 e. The van der Waals surface area contributed by atoms with Gasteiger partial charge in [-0.25, -0.2) is 0 Å². The molecule has 1 aromatic carbocycles. The van der Waals surface area contributed by atoms with Crippen molar-refractivity contribution in [1.29, 1.82) is 0 Å². The Morgan fingerprint density at radius 3 is 2.07 bits per heavy atom. The summed E-state index contributed by atoms with van der Waals surface area (Å²) in [5.41, 5.74) is 5.98. The van der Waals surface area contributed by atoms with E-state index in [2.05, 4.69) is 4.90 Å². The first-order valence-corrected chi connectivity index (χ1v) is 10.3. The molecule has 0 bridgehead atoms. The maximum Gasteiger partial charge on any atom is 0.260 e. The summed E-state index contributed by atoms with van der Waals surface area (Å²) in [7, 11) is 0. The summed E-state index contributed by atoms with van der Waals surface area (Å²) >= 11 is 0. The van der Waals surface area contributed by atoms with Gasteiger partial charge in [0, 0.05) is 39.3 Å². The third-order valence-electron chi connectivity index (χ3n) is 5.46. The molecule has 0 aromatic heterocycles. The molecule has 8 nitrogen and oxygen atoms in total. The van der Waals surface area contributed by atoms with Crippen LogP contribution in [0.4, 0.5) is 0 Å². The molecule has 29 heavy (non-hydrogen) atoms. The van der Waals surface area contributed by atoms with Crippen molar-refractivity contribution in [1.82, 2.24) is 14.7 Å². The number of carbonyl (C=O) groups is 3. The number of piperazine rings is 1. The zero-order valence-corrected chi connectivity index (χ0v) is 16.8. The average molecular weight is 402 g/mol. The van der Waals surface area contributed by atoms with Crippen molar-refractivity contribution in [3.63, 3.8) is 0 Å². The lowest BCUT2D eigenvalue weighted by Crippen LogP contribution is -2.52. The van der Waals surface area contributed by atoms with E-state index in [0.717, 1.165) is 31.5 Å². The van der Waals surface area contributed by atoms with Gasteiger partial charge >= 0.3 is 0 Å². The Kier molecular flexibility index (Phi) is 7.46. The maximum absolute atomic E-state index is 12.4. The molecule has 0 saturated carbocycles. The summed E-state index contributed by atoms with van der Waals surface area (Å²) in [6, 6.07) is 7.00. The molecule has 2 N–H and O–H groups in total. The summed E-state index contributed by atoms with van der Waals surface area (Å²) in [5, 5.41) is 0. The number of amides is 3. The van der Waals surface area contributed by atoms with E-state index in [4.69, 9.17) is 10.5 Å². The number of benzene rings is 1. The van der Waals surface area contributed by atoms with E-state index in [-0.39, 0.29) is 30.7 Å². The number of piperidine rings is 1. The van der Waals surface area contributed by atoms with Crippen LogP contribution >= 0.6 is 0 Å². The average Bonchev–Trinajstić information content (AvgIpc) is 2.74. The molecular weight excluding hydrogens is 372 g/mol. The van der Waals surface area contributed by atoms with Crippen molar-refractivity contribution in [2.24, 2.45) is 5.73 Å². The third kappa shape index (κ3) is 6.45.